The predicted molar refractivity (Wildman–Crippen MR) is 151 cm³/mol. The Morgan fingerprint density at radius 2 is 1.56 bits per heavy atom. The maximum absolute atomic E-state index is 13.9. The molecule has 2 aliphatic rings. The minimum absolute atomic E-state index is 0.205. The Morgan fingerprint density at radius 3 is 2.23 bits per heavy atom. The average Bonchev–Trinajstić information content (AvgIpc) is 3.40. The van der Waals surface area contributed by atoms with Crippen LogP contribution < -0.4 is 19.8 Å². The summed E-state index contributed by atoms with van der Waals surface area (Å²) in [6, 6.07) is 25.2. The third-order valence-corrected chi connectivity index (χ3v) is 9.50. The first kappa shape index (κ1) is 25.1. The fourth-order valence-corrected chi connectivity index (χ4v) is 7.90. The van der Waals surface area contributed by atoms with E-state index in [9.17, 15) is 19.2 Å². The number of thiazole rings is 1. The molecule has 0 aliphatic carbocycles. The lowest BCUT2D eigenvalue weighted by Crippen LogP contribution is -2.33. The van der Waals surface area contributed by atoms with Crippen LogP contribution in [-0.4, -0.2) is 34.6 Å². The van der Waals surface area contributed by atoms with E-state index in [-0.39, 0.29) is 29.1 Å². The molecule has 1 N–H and O–H groups in total. The van der Waals surface area contributed by atoms with Crippen molar-refractivity contribution >= 4 is 52.2 Å². The van der Waals surface area contributed by atoms with Crippen LogP contribution >= 0.6 is 23.1 Å². The standard InChI is InChI=1S/C29H23N3O5S2/c1-37-20-14-12-17(13-15-20)22-23-24(27(35)32(26(23)34)19-10-6-3-7-11-19)38-28-25(22)39-29(36)31(28)16-21(33)30-18-8-4-2-5-9-18/h2-15,22-24H,16H2,1H3,(H,30,33)/t22-,23-,24+/m0/s1. The lowest BCUT2D eigenvalue weighted by Gasteiger charge is -2.30. The van der Waals surface area contributed by atoms with Gasteiger partial charge in [0.1, 0.15) is 17.5 Å². The molecular formula is C29H23N3O5S2. The highest BCUT2D eigenvalue weighted by atomic mass is 32.2. The van der Waals surface area contributed by atoms with E-state index in [1.54, 1.807) is 55.6 Å². The third kappa shape index (κ3) is 4.45. The third-order valence-electron chi connectivity index (χ3n) is 6.90. The first-order valence-electron chi connectivity index (χ1n) is 12.3. The van der Waals surface area contributed by atoms with E-state index in [1.165, 1.54) is 21.2 Å². The number of benzene rings is 3. The largest absolute Gasteiger partial charge is 0.497 e. The number of nitrogens with zero attached hydrogens (tertiary/aromatic N) is 2. The van der Waals surface area contributed by atoms with Gasteiger partial charge in [-0.2, -0.15) is 0 Å². The van der Waals surface area contributed by atoms with E-state index in [0.29, 0.717) is 27.0 Å². The molecule has 1 aromatic heterocycles. The van der Waals surface area contributed by atoms with Crippen LogP contribution in [0, 0.1) is 5.92 Å². The molecule has 4 aromatic rings. The lowest BCUT2D eigenvalue weighted by molar-refractivity contribution is -0.122. The summed E-state index contributed by atoms with van der Waals surface area (Å²) in [6.45, 7) is -0.205. The van der Waals surface area contributed by atoms with E-state index in [4.69, 9.17) is 4.74 Å². The smallest absolute Gasteiger partial charge is 0.308 e. The first-order valence-corrected chi connectivity index (χ1v) is 14.0. The van der Waals surface area contributed by atoms with Gasteiger partial charge in [-0.15, -0.1) is 0 Å². The van der Waals surface area contributed by atoms with Crippen LogP contribution in [0.4, 0.5) is 11.4 Å². The summed E-state index contributed by atoms with van der Waals surface area (Å²) in [7, 11) is 1.57. The number of anilines is 2. The number of carbonyl (C=O) groups is 3. The maximum atomic E-state index is 13.9. The molecule has 2 aliphatic heterocycles. The Labute approximate surface area is 232 Å². The first-order chi connectivity index (χ1) is 19.0. The molecule has 0 radical (unpaired) electrons. The molecule has 3 heterocycles. The van der Waals surface area contributed by atoms with Gasteiger partial charge in [-0.3, -0.25) is 23.7 Å². The minimum atomic E-state index is -0.741. The summed E-state index contributed by atoms with van der Waals surface area (Å²) in [4.78, 5) is 55.3. The number of aromatic nitrogens is 1. The van der Waals surface area contributed by atoms with Crippen molar-refractivity contribution in [2.75, 3.05) is 17.3 Å². The second kappa shape index (κ2) is 10.2. The zero-order chi connectivity index (χ0) is 27.1. The minimum Gasteiger partial charge on any atom is -0.497 e. The number of rotatable bonds is 6. The van der Waals surface area contributed by atoms with Gasteiger partial charge in [0.25, 0.3) is 0 Å². The molecule has 3 aromatic carbocycles. The molecule has 0 bridgehead atoms. The number of hydrogen-bond donors (Lipinski definition) is 1. The van der Waals surface area contributed by atoms with E-state index in [1.807, 2.05) is 36.4 Å². The van der Waals surface area contributed by atoms with Crippen molar-refractivity contribution in [3.05, 3.63) is 105 Å². The Balaban J connectivity index is 1.42. The van der Waals surface area contributed by atoms with Gasteiger partial charge in [0, 0.05) is 16.5 Å². The molecule has 39 heavy (non-hydrogen) atoms. The van der Waals surface area contributed by atoms with Gasteiger partial charge in [-0.25, -0.2) is 4.90 Å². The van der Waals surface area contributed by atoms with Crippen molar-refractivity contribution in [3.8, 4) is 5.75 Å². The van der Waals surface area contributed by atoms with Crippen LogP contribution in [0.25, 0.3) is 0 Å². The van der Waals surface area contributed by atoms with Crippen LogP contribution in [0.5, 0.6) is 5.75 Å². The number of methoxy groups -OCH3 is 1. The number of para-hydroxylation sites is 2. The highest BCUT2D eigenvalue weighted by Crippen LogP contribution is 2.53. The summed E-state index contributed by atoms with van der Waals surface area (Å²) in [5, 5.41) is 2.62. The number of hydrogen-bond acceptors (Lipinski definition) is 7. The molecule has 1 fully saturated rings. The monoisotopic (exact) mass is 557 g/mol. The summed E-state index contributed by atoms with van der Waals surface area (Å²) < 4.78 is 6.73. The second-order valence-electron chi connectivity index (χ2n) is 9.20. The van der Waals surface area contributed by atoms with Crippen molar-refractivity contribution in [2.45, 2.75) is 22.7 Å². The molecule has 196 valence electrons. The molecule has 0 saturated carbocycles. The van der Waals surface area contributed by atoms with E-state index in [2.05, 4.69) is 5.32 Å². The van der Waals surface area contributed by atoms with Gasteiger partial charge in [0.05, 0.1) is 23.7 Å². The van der Waals surface area contributed by atoms with Gasteiger partial charge < -0.3 is 10.1 Å². The number of ether oxygens (including phenoxy) is 1. The lowest BCUT2D eigenvalue weighted by atomic mass is 9.83. The molecular weight excluding hydrogens is 534 g/mol. The molecule has 3 amide bonds. The number of amides is 3. The zero-order valence-corrected chi connectivity index (χ0v) is 22.4. The second-order valence-corrected chi connectivity index (χ2v) is 11.3. The van der Waals surface area contributed by atoms with Crippen molar-refractivity contribution in [3.63, 3.8) is 0 Å². The molecule has 8 nitrogen and oxygen atoms in total. The number of nitrogens with one attached hydrogen (secondary N) is 1. The number of carbonyl (C=O) groups excluding carboxylic acids is 3. The van der Waals surface area contributed by atoms with Gasteiger partial charge in [-0.05, 0) is 42.0 Å². The summed E-state index contributed by atoms with van der Waals surface area (Å²) in [5.74, 6) is -1.56. The topological polar surface area (TPSA) is 97.7 Å². The normalized spacial score (nSPS) is 19.9. The summed E-state index contributed by atoms with van der Waals surface area (Å²) in [5.41, 5.74) is 1.93. The highest BCUT2D eigenvalue weighted by Gasteiger charge is 2.56. The Bertz CT molecular complexity index is 1620. The average molecular weight is 558 g/mol. The molecule has 1 saturated heterocycles. The van der Waals surface area contributed by atoms with Crippen LogP contribution in [0.2, 0.25) is 0 Å². The molecule has 0 spiro atoms. The van der Waals surface area contributed by atoms with Crippen molar-refractivity contribution in [2.24, 2.45) is 5.92 Å². The number of thioether (sulfide) groups is 1. The van der Waals surface area contributed by atoms with Crippen LogP contribution in [-0.2, 0) is 20.9 Å². The van der Waals surface area contributed by atoms with Gasteiger partial charge >= 0.3 is 4.87 Å². The van der Waals surface area contributed by atoms with Crippen molar-refractivity contribution < 1.29 is 19.1 Å². The number of fused-ring (bicyclic) bond motifs is 2. The molecule has 0 unspecified atom stereocenters. The van der Waals surface area contributed by atoms with Gasteiger partial charge in [0.2, 0.25) is 17.7 Å². The Kier molecular flexibility index (Phi) is 6.58. The zero-order valence-electron chi connectivity index (χ0n) is 20.8. The highest BCUT2D eigenvalue weighted by molar-refractivity contribution is 8.00. The van der Waals surface area contributed by atoms with Gasteiger partial charge in [-0.1, -0.05) is 71.6 Å². The fourth-order valence-electron chi connectivity index (χ4n) is 5.12. The Morgan fingerprint density at radius 1 is 0.897 bits per heavy atom. The van der Waals surface area contributed by atoms with Crippen molar-refractivity contribution in [1.82, 2.24) is 4.57 Å². The van der Waals surface area contributed by atoms with Crippen LogP contribution in [0.15, 0.2) is 94.7 Å². The Hall–Kier alpha value is -4.15. The fraction of sp³-hybridized carbons (Fsp3) is 0.172. The van der Waals surface area contributed by atoms with Gasteiger partial charge in [0.15, 0.2) is 0 Å². The number of imide groups is 1. The molecule has 3 atom stereocenters. The molecule has 6 rings (SSSR count). The van der Waals surface area contributed by atoms with E-state index in [0.717, 1.165) is 16.9 Å². The SMILES string of the molecule is COc1ccc([C@@H]2c3sc(=O)n(CC(=O)Nc4ccccc4)c3S[C@H]3C(=O)N(c4ccccc4)C(=O)[C@@H]23)cc1. The van der Waals surface area contributed by atoms with Crippen LogP contribution in [0.1, 0.15) is 16.4 Å². The maximum Gasteiger partial charge on any atom is 0.308 e. The van der Waals surface area contributed by atoms with E-state index >= 15 is 0 Å². The van der Waals surface area contributed by atoms with E-state index < -0.39 is 17.1 Å². The quantitative estimate of drug-likeness (QED) is 0.354. The van der Waals surface area contributed by atoms with Crippen LogP contribution in [0.3, 0.4) is 0 Å². The van der Waals surface area contributed by atoms with Crippen molar-refractivity contribution in [1.29, 1.82) is 0 Å². The summed E-state index contributed by atoms with van der Waals surface area (Å²) in [6.07, 6.45) is 0. The predicted octanol–water partition coefficient (Wildman–Crippen LogP) is 4.35. The summed E-state index contributed by atoms with van der Waals surface area (Å²) >= 11 is 2.22. The molecule has 10 heteroatoms.